The molecule has 3 aromatic rings. The Balaban J connectivity index is 2.54. The fraction of sp³-hybridized carbons (Fsp3) is 0.231. The van der Waals surface area contributed by atoms with Crippen LogP contribution in [0.3, 0.4) is 0 Å². The first-order chi connectivity index (χ1) is 13.3. The van der Waals surface area contributed by atoms with E-state index in [9.17, 15) is 0 Å². The van der Waals surface area contributed by atoms with Crippen LogP contribution in [-0.2, 0) is 4.43 Å². The summed E-state index contributed by atoms with van der Waals surface area (Å²) < 4.78 is 6.70. The zero-order chi connectivity index (χ0) is 20.5. The van der Waals surface area contributed by atoms with Gasteiger partial charge in [-0.05, 0) is 90.5 Å². The van der Waals surface area contributed by atoms with Gasteiger partial charge < -0.3 is 4.43 Å². The minimum atomic E-state index is -2.77. The Hall–Kier alpha value is -2.58. The Morgan fingerprint density at radius 2 is 0.929 bits per heavy atom. The standard InChI is InChI=1S/C26H30OSi/c1-8-27-28(24-15-9-12-18(2)21(24)5,25-16-10-13-19(3)22(25)6)26-17-11-14-20(4)23(26)7/h8-17H,1H2,2-7H3. The predicted octanol–water partition coefficient (Wildman–Crippen LogP) is 4.66. The average molecular weight is 387 g/mol. The van der Waals surface area contributed by atoms with Crippen molar-refractivity contribution in [3.8, 4) is 0 Å². The Labute approximate surface area is 170 Å². The van der Waals surface area contributed by atoms with E-state index in [1.807, 2.05) is 0 Å². The molecule has 3 aromatic carbocycles. The third-order valence-electron chi connectivity index (χ3n) is 6.21. The monoisotopic (exact) mass is 386 g/mol. The quantitative estimate of drug-likeness (QED) is 0.352. The molecule has 0 radical (unpaired) electrons. The van der Waals surface area contributed by atoms with Crippen LogP contribution in [0.25, 0.3) is 0 Å². The van der Waals surface area contributed by atoms with E-state index < -0.39 is 8.32 Å². The highest BCUT2D eigenvalue weighted by Gasteiger charge is 2.46. The normalized spacial score (nSPS) is 11.4. The summed E-state index contributed by atoms with van der Waals surface area (Å²) >= 11 is 0. The van der Waals surface area contributed by atoms with Crippen LogP contribution in [0.5, 0.6) is 0 Å². The molecular weight excluding hydrogens is 356 g/mol. The van der Waals surface area contributed by atoms with Gasteiger partial charge in [0.15, 0.2) is 0 Å². The van der Waals surface area contributed by atoms with E-state index in [0.29, 0.717) is 0 Å². The highest BCUT2D eigenvalue weighted by Crippen LogP contribution is 2.20. The highest BCUT2D eigenvalue weighted by atomic mass is 28.4. The second-order valence-corrected chi connectivity index (χ2v) is 10.9. The van der Waals surface area contributed by atoms with Crippen LogP contribution in [0.4, 0.5) is 0 Å². The van der Waals surface area contributed by atoms with E-state index in [-0.39, 0.29) is 0 Å². The summed E-state index contributed by atoms with van der Waals surface area (Å²) in [6, 6.07) is 19.8. The van der Waals surface area contributed by atoms with Crippen LogP contribution >= 0.6 is 0 Å². The zero-order valence-electron chi connectivity index (χ0n) is 17.9. The minimum absolute atomic E-state index is 1.29. The lowest BCUT2D eigenvalue weighted by Crippen LogP contribution is -2.70. The summed E-state index contributed by atoms with van der Waals surface area (Å²) in [5.41, 5.74) is 7.78. The molecule has 0 aliphatic rings. The van der Waals surface area contributed by atoms with Gasteiger partial charge in [0.25, 0.3) is 0 Å². The lowest BCUT2D eigenvalue weighted by molar-refractivity contribution is 0.499. The maximum Gasteiger partial charge on any atom is 0.347 e. The minimum Gasteiger partial charge on any atom is -0.537 e. The third kappa shape index (κ3) is 3.12. The van der Waals surface area contributed by atoms with Gasteiger partial charge in [-0.3, -0.25) is 0 Å². The van der Waals surface area contributed by atoms with E-state index in [0.717, 1.165) is 0 Å². The molecule has 2 heteroatoms. The van der Waals surface area contributed by atoms with Crippen molar-refractivity contribution in [3.63, 3.8) is 0 Å². The number of rotatable bonds is 5. The van der Waals surface area contributed by atoms with Gasteiger partial charge in [0.05, 0.1) is 6.26 Å². The lowest BCUT2D eigenvalue weighted by Gasteiger charge is -2.36. The average Bonchev–Trinajstić information content (AvgIpc) is 2.67. The summed E-state index contributed by atoms with van der Waals surface area (Å²) in [6.07, 6.45) is 1.65. The van der Waals surface area contributed by atoms with Crippen molar-refractivity contribution in [2.45, 2.75) is 41.5 Å². The summed E-state index contributed by atoms with van der Waals surface area (Å²) in [5.74, 6) is 0. The SMILES string of the molecule is C=CO[Si](c1cccc(C)c1C)(c1cccc(C)c1C)c1cccc(C)c1C. The van der Waals surface area contributed by atoms with Crippen LogP contribution in [0.15, 0.2) is 67.4 Å². The summed E-state index contributed by atoms with van der Waals surface area (Å²) in [5, 5.41) is 3.90. The molecule has 0 spiro atoms. The van der Waals surface area contributed by atoms with Gasteiger partial charge in [-0.1, -0.05) is 61.2 Å². The number of benzene rings is 3. The maximum atomic E-state index is 6.70. The van der Waals surface area contributed by atoms with Crippen molar-refractivity contribution >= 4 is 23.9 Å². The first-order valence-corrected chi connectivity index (χ1v) is 11.7. The van der Waals surface area contributed by atoms with Crippen molar-refractivity contribution in [1.82, 2.24) is 0 Å². The van der Waals surface area contributed by atoms with E-state index >= 15 is 0 Å². The van der Waals surface area contributed by atoms with Crippen LogP contribution < -0.4 is 15.6 Å². The van der Waals surface area contributed by atoms with Gasteiger partial charge in [0, 0.05) is 0 Å². The second kappa shape index (κ2) is 7.81. The summed E-state index contributed by atoms with van der Waals surface area (Å²) in [4.78, 5) is 0. The molecule has 0 fully saturated rings. The summed E-state index contributed by atoms with van der Waals surface area (Å²) in [7, 11) is -2.77. The Morgan fingerprint density at radius 3 is 1.21 bits per heavy atom. The van der Waals surface area contributed by atoms with Crippen LogP contribution in [0.1, 0.15) is 33.4 Å². The van der Waals surface area contributed by atoms with Crippen molar-refractivity contribution in [1.29, 1.82) is 0 Å². The third-order valence-corrected chi connectivity index (χ3v) is 10.6. The van der Waals surface area contributed by atoms with Crippen molar-refractivity contribution < 1.29 is 4.43 Å². The smallest absolute Gasteiger partial charge is 0.347 e. The van der Waals surface area contributed by atoms with Crippen LogP contribution in [0.2, 0.25) is 0 Å². The molecule has 0 heterocycles. The lowest BCUT2D eigenvalue weighted by atomic mass is 10.1. The molecule has 3 rings (SSSR count). The van der Waals surface area contributed by atoms with Gasteiger partial charge in [0.1, 0.15) is 0 Å². The molecule has 0 aliphatic carbocycles. The van der Waals surface area contributed by atoms with E-state index in [1.54, 1.807) is 6.26 Å². The van der Waals surface area contributed by atoms with Gasteiger partial charge in [0.2, 0.25) is 0 Å². The summed E-state index contributed by atoms with van der Waals surface area (Å²) in [6.45, 7) is 17.2. The Morgan fingerprint density at radius 1 is 0.607 bits per heavy atom. The predicted molar refractivity (Wildman–Crippen MR) is 124 cm³/mol. The van der Waals surface area contributed by atoms with E-state index in [2.05, 4.69) is 103 Å². The van der Waals surface area contributed by atoms with Crippen molar-refractivity contribution in [2.75, 3.05) is 0 Å². The molecule has 0 saturated carbocycles. The van der Waals surface area contributed by atoms with Gasteiger partial charge in [-0.15, -0.1) is 0 Å². The van der Waals surface area contributed by atoms with Gasteiger partial charge >= 0.3 is 8.32 Å². The molecule has 0 unspecified atom stereocenters. The van der Waals surface area contributed by atoms with Gasteiger partial charge in [-0.2, -0.15) is 0 Å². The molecular formula is C26H30OSi. The molecule has 0 aliphatic heterocycles. The van der Waals surface area contributed by atoms with E-state index in [1.165, 1.54) is 48.9 Å². The van der Waals surface area contributed by atoms with Crippen LogP contribution in [-0.4, -0.2) is 8.32 Å². The molecule has 0 saturated heterocycles. The fourth-order valence-corrected chi connectivity index (χ4v) is 8.82. The molecule has 0 N–H and O–H groups in total. The molecule has 0 amide bonds. The molecule has 28 heavy (non-hydrogen) atoms. The molecule has 0 bridgehead atoms. The van der Waals surface area contributed by atoms with E-state index in [4.69, 9.17) is 4.43 Å². The largest absolute Gasteiger partial charge is 0.537 e. The molecule has 1 nitrogen and oxygen atoms in total. The Kier molecular flexibility index (Phi) is 5.62. The fourth-order valence-electron chi connectivity index (χ4n) is 4.15. The van der Waals surface area contributed by atoms with Crippen molar-refractivity contribution in [3.05, 3.63) is 101 Å². The molecule has 0 atom stereocenters. The molecule has 0 aromatic heterocycles. The number of hydrogen-bond donors (Lipinski definition) is 0. The molecule has 144 valence electrons. The first kappa shape index (κ1) is 20.2. The van der Waals surface area contributed by atoms with Crippen molar-refractivity contribution in [2.24, 2.45) is 0 Å². The maximum absolute atomic E-state index is 6.70. The Bertz CT molecular complexity index is 907. The van der Waals surface area contributed by atoms with Crippen LogP contribution in [0, 0.1) is 41.5 Å². The first-order valence-electron chi connectivity index (χ1n) is 9.83. The van der Waals surface area contributed by atoms with Gasteiger partial charge in [-0.25, -0.2) is 0 Å². The topological polar surface area (TPSA) is 9.23 Å². The highest BCUT2D eigenvalue weighted by molar-refractivity contribution is 7.08. The second-order valence-electron chi connectivity index (χ2n) is 7.71. The zero-order valence-corrected chi connectivity index (χ0v) is 18.9. The number of aryl methyl sites for hydroxylation is 3. The number of hydrogen-bond acceptors (Lipinski definition) is 1.